The summed E-state index contributed by atoms with van der Waals surface area (Å²) in [6, 6.07) is 19.8. The van der Waals surface area contributed by atoms with Gasteiger partial charge in [0.2, 0.25) is 0 Å². The largest absolute Gasteiger partial charge is 0.332 e. The summed E-state index contributed by atoms with van der Waals surface area (Å²) in [5, 5.41) is 9.06. The first kappa shape index (κ1) is 14.5. The van der Waals surface area contributed by atoms with E-state index < -0.39 is 0 Å². The minimum atomic E-state index is 0.517. The molecule has 5 heteroatoms. The van der Waals surface area contributed by atoms with Crippen molar-refractivity contribution < 1.29 is 0 Å². The molecular weight excluding hydrogens is 316 g/mol. The van der Waals surface area contributed by atoms with Crippen molar-refractivity contribution in [3.8, 4) is 0 Å². The van der Waals surface area contributed by atoms with E-state index in [9.17, 15) is 0 Å². The van der Waals surface area contributed by atoms with Gasteiger partial charge in [0.25, 0.3) is 0 Å². The van der Waals surface area contributed by atoms with Gasteiger partial charge >= 0.3 is 0 Å². The van der Waals surface area contributed by atoms with Gasteiger partial charge in [0.05, 0.1) is 16.7 Å². The van der Waals surface area contributed by atoms with Crippen molar-refractivity contribution in [2.24, 2.45) is 0 Å². The van der Waals surface area contributed by atoms with Crippen molar-refractivity contribution in [3.63, 3.8) is 0 Å². The summed E-state index contributed by atoms with van der Waals surface area (Å²) in [4.78, 5) is 8.97. The lowest BCUT2D eigenvalue weighted by molar-refractivity contribution is 1.39. The summed E-state index contributed by atoms with van der Waals surface area (Å²) in [7, 11) is 0. The van der Waals surface area contributed by atoms with Crippen molar-refractivity contribution in [2.45, 2.75) is 0 Å². The zero-order chi connectivity index (χ0) is 16.4. The van der Waals surface area contributed by atoms with Gasteiger partial charge < -0.3 is 10.6 Å². The Labute approximate surface area is 144 Å². The molecule has 0 atom stereocenters. The molecule has 0 saturated heterocycles. The first-order chi connectivity index (χ1) is 11.8. The Morgan fingerprint density at radius 2 is 1.54 bits per heavy atom. The fourth-order valence-corrected chi connectivity index (χ4v) is 2.93. The third-order valence-electron chi connectivity index (χ3n) is 3.75. The van der Waals surface area contributed by atoms with Crippen LogP contribution in [0, 0.1) is 0 Å². The highest BCUT2D eigenvalue weighted by Crippen LogP contribution is 2.29. The van der Waals surface area contributed by atoms with Crippen LogP contribution < -0.4 is 10.6 Å². The number of nitrogens with zero attached hydrogens (tertiary/aromatic N) is 2. The van der Waals surface area contributed by atoms with Crippen molar-refractivity contribution in [2.75, 3.05) is 10.6 Å². The highest BCUT2D eigenvalue weighted by Gasteiger charge is 2.09. The van der Waals surface area contributed by atoms with Gasteiger partial charge in [-0.25, -0.2) is 0 Å². The molecule has 4 aromatic rings. The summed E-state index contributed by atoms with van der Waals surface area (Å²) in [6.07, 6.45) is 3.57. The van der Waals surface area contributed by atoms with Crippen LogP contribution in [0.15, 0.2) is 73.1 Å². The van der Waals surface area contributed by atoms with Crippen molar-refractivity contribution >= 4 is 50.5 Å². The number of thiocarbonyl (C=S) groups is 1. The second-order valence-electron chi connectivity index (χ2n) is 5.34. The summed E-state index contributed by atoms with van der Waals surface area (Å²) < 4.78 is 0. The molecule has 2 aromatic carbocycles. The third-order valence-corrected chi connectivity index (χ3v) is 3.96. The minimum absolute atomic E-state index is 0.517. The zero-order valence-electron chi connectivity index (χ0n) is 12.7. The van der Waals surface area contributed by atoms with Gasteiger partial charge in [-0.15, -0.1) is 0 Å². The van der Waals surface area contributed by atoms with Crippen LogP contribution in [0.25, 0.3) is 21.8 Å². The number of benzene rings is 2. The average molecular weight is 330 g/mol. The average Bonchev–Trinajstić information content (AvgIpc) is 2.63. The van der Waals surface area contributed by atoms with E-state index in [0.717, 1.165) is 33.2 Å². The van der Waals surface area contributed by atoms with Crippen LogP contribution in [0.1, 0.15) is 0 Å². The predicted molar refractivity (Wildman–Crippen MR) is 103 cm³/mol. The summed E-state index contributed by atoms with van der Waals surface area (Å²) in [6.45, 7) is 0. The van der Waals surface area contributed by atoms with Crippen LogP contribution in [-0.4, -0.2) is 15.1 Å². The maximum absolute atomic E-state index is 5.43. The molecule has 0 radical (unpaired) electrons. The van der Waals surface area contributed by atoms with Crippen molar-refractivity contribution in [1.29, 1.82) is 0 Å². The normalized spacial score (nSPS) is 10.7. The fourth-order valence-electron chi connectivity index (χ4n) is 2.70. The SMILES string of the molecule is S=C(Nc1ccccc1)Nc1cc2ncccc2c2cccnc12. The first-order valence-corrected chi connectivity index (χ1v) is 7.97. The van der Waals surface area contributed by atoms with Gasteiger partial charge in [-0.2, -0.15) is 0 Å². The quantitative estimate of drug-likeness (QED) is 0.416. The Morgan fingerprint density at radius 1 is 0.792 bits per heavy atom. The number of fused-ring (bicyclic) bond motifs is 3. The van der Waals surface area contributed by atoms with Gasteiger partial charge in [0, 0.05) is 28.9 Å². The second-order valence-corrected chi connectivity index (χ2v) is 5.75. The van der Waals surface area contributed by atoms with Gasteiger partial charge in [-0.3, -0.25) is 9.97 Å². The van der Waals surface area contributed by atoms with Crippen LogP contribution in [-0.2, 0) is 0 Å². The van der Waals surface area contributed by atoms with Crippen LogP contribution in [0.2, 0.25) is 0 Å². The Hall–Kier alpha value is -3.05. The number of hydrogen-bond acceptors (Lipinski definition) is 3. The van der Waals surface area contributed by atoms with Crippen LogP contribution in [0.3, 0.4) is 0 Å². The molecule has 24 heavy (non-hydrogen) atoms. The molecule has 0 aliphatic heterocycles. The molecule has 2 aromatic heterocycles. The maximum atomic E-state index is 5.43. The first-order valence-electron chi connectivity index (χ1n) is 7.57. The van der Waals surface area contributed by atoms with Crippen LogP contribution >= 0.6 is 12.2 Å². The van der Waals surface area contributed by atoms with E-state index in [1.165, 1.54) is 0 Å². The molecule has 116 valence electrons. The number of rotatable bonds is 2. The van der Waals surface area contributed by atoms with Gasteiger partial charge in [0.15, 0.2) is 5.11 Å². The number of pyridine rings is 2. The number of para-hydroxylation sites is 1. The number of nitrogens with one attached hydrogen (secondary N) is 2. The molecule has 0 fully saturated rings. The summed E-state index contributed by atoms with van der Waals surface area (Å²) in [5.41, 5.74) is 3.55. The lowest BCUT2D eigenvalue weighted by atomic mass is 10.1. The molecule has 0 saturated carbocycles. The molecular formula is C19H14N4S. The highest BCUT2D eigenvalue weighted by molar-refractivity contribution is 7.80. The highest BCUT2D eigenvalue weighted by atomic mass is 32.1. The molecule has 0 aliphatic rings. The predicted octanol–water partition coefficient (Wildman–Crippen LogP) is 4.59. The van der Waals surface area contributed by atoms with Gasteiger partial charge in [-0.05, 0) is 42.5 Å². The van der Waals surface area contributed by atoms with Crippen LogP contribution in [0.5, 0.6) is 0 Å². The van der Waals surface area contributed by atoms with E-state index in [-0.39, 0.29) is 0 Å². The summed E-state index contributed by atoms with van der Waals surface area (Å²) >= 11 is 5.43. The molecule has 4 rings (SSSR count). The fraction of sp³-hybridized carbons (Fsp3) is 0. The number of aromatic nitrogens is 2. The lowest BCUT2D eigenvalue weighted by Crippen LogP contribution is -2.19. The molecule has 0 aliphatic carbocycles. The maximum Gasteiger partial charge on any atom is 0.175 e. The van der Waals surface area contributed by atoms with E-state index in [2.05, 4.69) is 26.7 Å². The van der Waals surface area contributed by atoms with Crippen molar-refractivity contribution in [3.05, 3.63) is 73.1 Å². The molecule has 0 spiro atoms. The minimum Gasteiger partial charge on any atom is -0.332 e. The summed E-state index contributed by atoms with van der Waals surface area (Å²) in [5.74, 6) is 0. The van der Waals surface area contributed by atoms with Crippen LogP contribution in [0.4, 0.5) is 11.4 Å². The smallest absolute Gasteiger partial charge is 0.175 e. The second kappa shape index (κ2) is 6.22. The molecule has 2 N–H and O–H groups in total. The Morgan fingerprint density at radius 3 is 2.38 bits per heavy atom. The Balaban J connectivity index is 1.74. The van der Waals surface area contributed by atoms with Crippen molar-refractivity contribution in [1.82, 2.24) is 9.97 Å². The monoisotopic (exact) mass is 330 g/mol. The van der Waals surface area contributed by atoms with Gasteiger partial charge in [-0.1, -0.05) is 30.3 Å². The number of hydrogen-bond donors (Lipinski definition) is 2. The lowest BCUT2D eigenvalue weighted by Gasteiger charge is -2.13. The number of anilines is 2. The Kier molecular flexibility index (Phi) is 3.76. The molecule has 0 bridgehead atoms. The van der Waals surface area contributed by atoms with Gasteiger partial charge in [0.1, 0.15) is 0 Å². The van der Waals surface area contributed by atoms with E-state index in [1.807, 2.05) is 54.6 Å². The molecule has 0 amide bonds. The topological polar surface area (TPSA) is 49.8 Å². The third kappa shape index (κ3) is 2.77. The molecule has 0 unspecified atom stereocenters. The molecule has 2 heterocycles. The van der Waals surface area contributed by atoms with E-state index in [1.54, 1.807) is 12.4 Å². The standard InChI is InChI=1S/C19H14N4S/c24-19(22-13-6-2-1-3-7-13)23-17-12-16-14(8-4-10-20-16)15-9-5-11-21-18(15)17/h1-12H,(H2,22,23,24). The molecule has 4 nitrogen and oxygen atoms in total. The Bertz CT molecular complexity index is 1030. The van der Waals surface area contributed by atoms with E-state index >= 15 is 0 Å². The zero-order valence-corrected chi connectivity index (χ0v) is 13.5. The van der Waals surface area contributed by atoms with E-state index in [4.69, 9.17) is 12.2 Å². The van der Waals surface area contributed by atoms with E-state index in [0.29, 0.717) is 5.11 Å².